The number of fused-ring (bicyclic) bond motifs is 1. The van der Waals surface area contributed by atoms with E-state index in [0.717, 1.165) is 15.2 Å². The smallest absolute Gasteiger partial charge is 0.251 e. The number of nitrogens with one attached hydrogen (secondary N) is 1. The van der Waals surface area contributed by atoms with Gasteiger partial charge in [-0.3, -0.25) is 4.79 Å². The summed E-state index contributed by atoms with van der Waals surface area (Å²) in [5.41, 5.74) is 7.77. The van der Waals surface area contributed by atoms with Crippen LogP contribution in [-0.4, -0.2) is 10.9 Å². The van der Waals surface area contributed by atoms with Crippen LogP contribution >= 0.6 is 11.3 Å². The summed E-state index contributed by atoms with van der Waals surface area (Å²) in [7, 11) is 0. The van der Waals surface area contributed by atoms with Crippen molar-refractivity contribution in [1.82, 2.24) is 10.3 Å². The molecule has 0 radical (unpaired) electrons. The second-order valence-electron chi connectivity index (χ2n) is 4.38. The number of aromatic nitrogens is 1. The summed E-state index contributed by atoms with van der Waals surface area (Å²) < 4.78 is 1.13. The van der Waals surface area contributed by atoms with Crippen molar-refractivity contribution in [2.75, 3.05) is 5.73 Å². The number of para-hydroxylation sites is 1. The van der Waals surface area contributed by atoms with Gasteiger partial charge in [0.25, 0.3) is 5.91 Å². The van der Waals surface area contributed by atoms with E-state index in [9.17, 15) is 4.79 Å². The van der Waals surface area contributed by atoms with Gasteiger partial charge in [0, 0.05) is 11.3 Å². The predicted octanol–water partition coefficient (Wildman–Crippen LogP) is 2.81. The maximum Gasteiger partial charge on any atom is 0.251 e. The van der Waals surface area contributed by atoms with E-state index in [1.54, 1.807) is 35.6 Å². The van der Waals surface area contributed by atoms with Crippen molar-refractivity contribution in [2.45, 2.75) is 6.54 Å². The molecular formula is C15H13N3OS. The molecule has 100 valence electrons. The highest BCUT2D eigenvalue weighted by Gasteiger charge is 2.07. The van der Waals surface area contributed by atoms with E-state index in [1.165, 1.54) is 0 Å². The number of anilines is 1. The molecule has 0 unspecified atom stereocenters. The molecule has 0 atom stereocenters. The Balaban J connectivity index is 1.71. The Labute approximate surface area is 120 Å². The number of carbonyl (C=O) groups is 1. The number of rotatable bonds is 3. The Morgan fingerprint density at radius 1 is 1.20 bits per heavy atom. The monoisotopic (exact) mass is 283 g/mol. The first-order valence-corrected chi connectivity index (χ1v) is 7.02. The van der Waals surface area contributed by atoms with Crippen molar-refractivity contribution in [2.24, 2.45) is 0 Å². The van der Waals surface area contributed by atoms with Crippen LogP contribution in [0.15, 0.2) is 48.5 Å². The van der Waals surface area contributed by atoms with E-state index in [1.807, 2.05) is 24.3 Å². The van der Waals surface area contributed by atoms with Gasteiger partial charge in [-0.25, -0.2) is 4.98 Å². The quantitative estimate of drug-likeness (QED) is 0.726. The zero-order valence-electron chi connectivity index (χ0n) is 10.7. The third kappa shape index (κ3) is 2.62. The summed E-state index contributed by atoms with van der Waals surface area (Å²) in [5, 5.41) is 3.75. The first-order valence-electron chi connectivity index (χ1n) is 6.20. The van der Waals surface area contributed by atoms with Crippen LogP contribution in [-0.2, 0) is 6.54 Å². The van der Waals surface area contributed by atoms with Crippen LogP contribution in [0.25, 0.3) is 10.2 Å². The van der Waals surface area contributed by atoms with Gasteiger partial charge in [0.2, 0.25) is 0 Å². The summed E-state index contributed by atoms with van der Waals surface area (Å²) in [4.78, 5) is 16.5. The summed E-state index contributed by atoms with van der Waals surface area (Å²) in [6.45, 7) is 0.424. The number of amides is 1. The number of hydrogen-bond acceptors (Lipinski definition) is 4. The lowest BCUT2D eigenvalue weighted by atomic mass is 10.2. The molecule has 2 aromatic carbocycles. The number of hydrogen-bond donors (Lipinski definition) is 2. The number of nitrogens with two attached hydrogens (primary N) is 1. The summed E-state index contributed by atoms with van der Waals surface area (Å²) in [5.74, 6) is -0.142. The minimum atomic E-state index is -0.142. The minimum Gasteiger partial charge on any atom is -0.399 e. The molecule has 0 aliphatic carbocycles. The van der Waals surface area contributed by atoms with Gasteiger partial charge in [-0.15, -0.1) is 11.3 Å². The van der Waals surface area contributed by atoms with Crippen LogP contribution < -0.4 is 11.1 Å². The molecule has 3 rings (SSSR count). The SMILES string of the molecule is Nc1cccc(C(=O)NCc2nc3ccccc3s2)c1. The zero-order valence-corrected chi connectivity index (χ0v) is 11.5. The minimum absolute atomic E-state index is 0.142. The van der Waals surface area contributed by atoms with E-state index in [0.29, 0.717) is 17.8 Å². The fourth-order valence-electron chi connectivity index (χ4n) is 1.93. The van der Waals surface area contributed by atoms with E-state index in [-0.39, 0.29) is 5.91 Å². The number of carbonyl (C=O) groups excluding carboxylic acids is 1. The van der Waals surface area contributed by atoms with Gasteiger partial charge in [0.1, 0.15) is 5.01 Å². The highest BCUT2D eigenvalue weighted by Crippen LogP contribution is 2.21. The summed E-state index contributed by atoms with van der Waals surface area (Å²) >= 11 is 1.59. The highest BCUT2D eigenvalue weighted by molar-refractivity contribution is 7.18. The van der Waals surface area contributed by atoms with E-state index >= 15 is 0 Å². The molecule has 0 spiro atoms. The molecule has 5 heteroatoms. The number of benzene rings is 2. The Morgan fingerprint density at radius 2 is 2.05 bits per heavy atom. The van der Waals surface area contributed by atoms with Crippen molar-refractivity contribution in [1.29, 1.82) is 0 Å². The number of nitrogens with zero attached hydrogens (tertiary/aromatic N) is 1. The third-order valence-electron chi connectivity index (χ3n) is 2.89. The first-order chi connectivity index (χ1) is 9.72. The van der Waals surface area contributed by atoms with Crippen LogP contribution in [0.1, 0.15) is 15.4 Å². The van der Waals surface area contributed by atoms with Crippen molar-refractivity contribution < 1.29 is 4.79 Å². The molecule has 0 bridgehead atoms. The van der Waals surface area contributed by atoms with Crippen LogP contribution in [0.5, 0.6) is 0 Å². The molecule has 3 N–H and O–H groups in total. The fourth-order valence-corrected chi connectivity index (χ4v) is 2.84. The van der Waals surface area contributed by atoms with E-state index < -0.39 is 0 Å². The normalized spacial score (nSPS) is 10.6. The molecule has 0 aliphatic heterocycles. The lowest BCUT2D eigenvalue weighted by Crippen LogP contribution is -2.22. The van der Waals surface area contributed by atoms with Crippen molar-refractivity contribution in [3.63, 3.8) is 0 Å². The largest absolute Gasteiger partial charge is 0.399 e. The standard InChI is InChI=1S/C15H13N3OS/c16-11-5-3-4-10(8-11)15(19)17-9-14-18-12-6-1-2-7-13(12)20-14/h1-8H,9,16H2,(H,17,19). The Bertz CT molecular complexity index is 733. The topological polar surface area (TPSA) is 68.0 Å². The molecular weight excluding hydrogens is 270 g/mol. The molecule has 20 heavy (non-hydrogen) atoms. The second-order valence-corrected chi connectivity index (χ2v) is 5.50. The number of nitrogen functional groups attached to an aromatic ring is 1. The molecule has 0 saturated heterocycles. The maximum atomic E-state index is 12.0. The van der Waals surface area contributed by atoms with Gasteiger partial charge < -0.3 is 11.1 Å². The molecule has 0 saturated carbocycles. The Kier molecular flexibility index (Phi) is 3.35. The zero-order chi connectivity index (χ0) is 13.9. The van der Waals surface area contributed by atoms with Crippen LogP contribution in [0.4, 0.5) is 5.69 Å². The fraction of sp³-hybridized carbons (Fsp3) is 0.0667. The molecule has 0 fully saturated rings. The van der Waals surface area contributed by atoms with Crippen LogP contribution in [0.3, 0.4) is 0 Å². The molecule has 4 nitrogen and oxygen atoms in total. The van der Waals surface area contributed by atoms with Gasteiger partial charge in [-0.2, -0.15) is 0 Å². The van der Waals surface area contributed by atoms with Gasteiger partial charge in [-0.05, 0) is 30.3 Å². The molecule has 3 aromatic rings. The van der Waals surface area contributed by atoms with Gasteiger partial charge >= 0.3 is 0 Å². The van der Waals surface area contributed by atoms with E-state index in [2.05, 4.69) is 10.3 Å². The lowest BCUT2D eigenvalue weighted by Gasteiger charge is -2.03. The second kappa shape index (κ2) is 5.30. The van der Waals surface area contributed by atoms with E-state index in [4.69, 9.17) is 5.73 Å². The van der Waals surface area contributed by atoms with Gasteiger partial charge in [-0.1, -0.05) is 18.2 Å². The molecule has 1 heterocycles. The predicted molar refractivity (Wildman–Crippen MR) is 81.6 cm³/mol. The van der Waals surface area contributed by atoms with Crippen molar-refractivity contribution in [3.05, 3.63) is 59.1 Å². The lowest BCUT2D eigenvalue weighted by molar-refractivity contribution is 0.0951. The summed E-state index contributed by atoms with van der Waals surface area (Å²) in [6.07, 6.45) is 0. The Morgan fingerprint density at radius 3 is 2.85 bits per heavy atom. The average molecular weight is 283 g/mol. The van der Waals surface area contributed by atoms with Crippen LogP contribution in [0, 0.1) is 0 Å². The highest BCUT2D eigenvalue weighted by atomic mass is 32.1. The van der Waals surface area contributed by atoms with Crippen LogP contribution in [0.2, 0.25) is 0 Å². The molecule has 0 aliphatic rings. The van der Waals surface area contributed by atoms with Gasteiger partial charge in [0.15, 0.2) is 0 Å². The molecule has 1 aromatic heterocycles. The third-order valence-corrected chi connectivity index (χ3v) is 3.92. The van der Waals surface area contributed by atoms with Crippen molar-refractivity contribution >= 4 is 33.1 Å². The Hall–Kier alpha value is -2.40. The number of thiazole rings is 1. The summed E-state index contributed by atoms with van der Waals surface area (Å²) in [6, 6.07) is 14.8. The maximum absolute atomic E-state index is 12.0. The van der Waals surface area contributed by atoms with Crippen molar-refractivity contribution in [3.8, 4) is 0 Å². The first kappa shape index (κ1) is 12.6. The average Bonchev–Trinajstić information content (AvgIpc) is 2.87. The molecule has 1 amide bonds. The van der Waals surface area contributed by atoms with Gasteiger partial charge in [0.05, 0.1) is 16.8 Å².